The Labute approximate surface area is 169 Å². The lowest BCUT2D eigenvalue weighted by Gasteiger charge is -2.29. The third-order valence-electron chi connectivity index (χ3n) is 4.84. The summed E-state index contributed by atoms with van der Waals surface area (Å²) < 4.78 is 0. The summed E-state index contributed by atoms with van der Waals surface area (Å²) in [5, 5.41) is 0.746. The van der Waals surface area contributed by atoms with E-state index in [1.807, 2.05) is 102 Å². The highest BCUT2D eigenvalue weighted by Crippen LogP contribution is 2.41. The fourth-order valence-electron chi connectivity index (χ4n) is 3.53. The molecule has 4 rings (SSSR count). The van der Waals surface area contributed by atoms with Gasteiger partial charge in [0.1, 0.15) is 5.37 Å². The van der Waals surface area contributed by atoms with E-state index in [4.69, 9.17) is 11.6 Å². The molecule has 3 aromatic rings. The second-order valence-corrected chi connectivity index (χ2v) is 8.19. The van der Waals surface area contributed by atoms with Crippen LogP contribution in [-0.4, -0.2) is 23.1 Å². The Morgan fingerprint density at radius 1 is 0.889 bits per heavy atom. The smallest absolute Gasteiger partial charge is 0.235 e. The van der Waals surface area contributed by atoms with Crippen molar-refractivity contribution in [3.63, 3.8) is 0 Å². The molecular weight excluding hydrogens is 374 g/mol. The van der Waals surface area contributed by atoms with E-state index >= 15 is 0 Å². The normalized spacial score (nSPS) is 16.7. The largest absolute Gasteiger partial charge is 0.325 e. The zero-order valence-electron chi connectivity index (χ0n) is 14.8. The van der Waals surface area contributed by atoms with E-state index < -0.39 is 0 Å². The molecule has 1 aliphatic rings. The molecule has 4 heteroatoms. The van der Waals surface area contributed by atoms with E-state index in [0.717, 1.165) is 29.0 Å². The molecule has 1 unspecified atom stereocenters. The van der Waals surface area contributed by atoms with Crippen molar-refractivity contribution in [1.82, 2.24) is 4.90 Å². The van der Waals surface area contributed by atoms with Crippen molar-refractivity contribution in [3.05, 3.63) is 107 Å². The zero-order valence-corrected chi connectivity index (χ0v) is 16.4. The van der Waals surface area contributed by atoms with E-state index in [-0.39, 0.29) is 17.2 Å². The fourth-order valence-corrected chi connectivity index (χ4v) is 4.92. The summed E-state index contributed by atoms with van der Waals surface area (Å²) in [6.45, 7) is 0.757. The van der Waals surface area contributed by atoms with Gasteiger partial charge in [-0.1, -0.05) is 84.4 Å². The van der Waals surface area contributed by atoms with Crippen LogP contribution in [0.3, 0.4) is 0 Å². The first-order valence-electron chi connectivity index (χ1n) is 9.01. The van der Waals surface area contributed by atoms with Crippen LogP contribution in [0, 0.1) is 0 Å². The van der Waals surface area contributed by atoms with Gasteiger partial charge in [0.25, 0.3) is 0 Å². The third-order valence-corrected chi connectivity index (χ3v) is 6.35. The number of carbonyl (C=O) groups is 1. The number of hydrogen-bond acceptors (Lipinski definition) is 2. The van der Waals surface area contributed by atoms with Gasteiger partial charge in [0.15, 0.2) is 0 Å². The van der Waals surface area contributed by atoms with Crippen LogP contribution in [0.25, 0.3) is 0 Å². The van der Waals surface area contributed by atoms with Crippen LogP contribution in [0.1, 0.15) is 28.0 Å². The summed E-state index contributed by atoms with van der Waals surface area (Å²) in [4.78, 5) is 15.7. The van der Waals surface area contributed by atoms with Gasteiger partial charge in [-0.05, 0) is 28.8 Å². The van der Waals surface area contributed by atoms with Crippen molar-refractivity contribution < 1.29 is 4.79 Å². The van der Waals surface area contributed by atoms with Crippen LogP contribution in [0.4, 0.5) is 0 Å². The van der Waals surface area contributed by atoms with Gasteiger partial charge in [-0.15, -0.1) is 11.8 Å². The first kappa shape index (κ1) is 18.1. The minimum Gasteiger partial charge on any atom is -0.325 e. The van der Waals surface area contributed by atoms with E-state index in [1.165, 1.54) is 0 Å². The summed E-state index contributed by atoms with van der Waals surface area (Å²) in [6.07, 6.45) is 0. The van der Waals surface area contributed by atoms with Crippen molar-refractivity contribution in [1.29, 1.82) is 0 Å². The Morgan fingerprint density at radius 3 is 2.00 bits per heavy atom. The molecule has 1 fully saturated rings. The quantitative estimate of drug-likeness (QED) is 0.562. The SMILES string of the molecule is O=C(C(c1ccccc1)c1ccccc1)N1CCSC1c1ccc(Cl)cc1. The second kappa shape index (κ2) is 8.20. The first-order chi connectivity index (χ1) is 13.2. The van der Waals surface area contributed by atoms with E-state index in [1.54, 1.807) is 0 Å². The molecule has 0 N–H and O–H groups in total. The maximum atomic E-state index is 13.7. The fraction of sp³-hybridized carbons (Fsp3) is 0.174. The number of benzene rings is 3. The Morgan fingerprint density at radius 2 is 1.44 bits per heavy atom. The Kier molecular flexibility index (Phi) is 5.51. The Bertz CT molecular complexity index is 859. The molecule has 3 aromatic carbocycles. The monoisotopic (exact) mass is 393 g/mol. The van der Waals surface area contributed by atoms with Crippen LogP contribution < -0.4 is 0 Å². The van der Waals surface area contributed by atoms with Gasteiger partial charge < -0.3 is 4.90 Å². The lowest BCUT2D eigenvalue weighted by Crippen LogP contribution is -2.35. The molecular formula is C23H20ClNOS. The average molecular weight is 394 g/mol. The van der Waals surface area contributed by atoms with E-state index in [9.17, 15) is 4.79 Å². The minimum absolute atomic E-state index is 0.0321. The number of hydrogen-bond donors (Lipinski definition) is 0. The number of halogens is 1. The van der Waals surface area contributed by atoms with E-state index in [2.05, 4.69) is 0 Å². The second-order valence-electron chi connectivity index (χ2n) is 6.56. The molecule has 1 aliphatic heterocycles. The average Bonchev–Trinajstić information content (AvgIpc) is 3.20. The van der Waals surface area contributed by atoms with Crippen molar-refractivity contribution in [2.24, 2.45) is 0 Å². The lowest BCUT2D eigenvalue weighted by molar-refractivity contribution is -0.132. The summed E-state index contributed by atoms with van der Waals surface area (Å²) in [5.74, 6) is 0.799. The number of thioether (sulfide) groups is 1. The molecule has 1 amide bonds. The summed E-state index contributed by atoms with van der Waals surface area (Å²) in [7, 11) is 0. The molecule has 0 bridgehead atoms. The predicted octanol–water partition coefficient (Wildman–Crippen LogP) is 5.75. The maximum Gasteiger partial charge on any atom is 0.235 e. The molecule has 1 atom stereocenters. The molecule has 0 radical (unpaired) electrons. The van der Waals surface area contributed by atoms with E-state index in [0.29, 0.717) is 5.02 Å². The van der Waals surface area contributed by atoms with Crippen LogP contribution in [0.5, 0.6) is 0 Å². The number of carbonyl (C=O) groups excluding carboxylic acids is 1. The highest BCUT2D eigenvalue weighted by molar-refractivity contribution is 7.99. The van der Waals surface area contributed by atoms with Gasteiger partial charge in [0.05, 0.1) is 5.92 Å². The molecule has 1 heterocycles. The third kappa shape index (κ3) is 3.90. The molecule has 27 heavy (non-hydrogen) atoms. The highest BCUT2D eigenvalue weighted by Gasteiger charge is 2.35. The van der Waals surface area contributed by atoms with Crippen molar-refractivity contribution >= 4 is 29.3 Å². The number of rotatable bonds is 4. The number of nitrogens with zero attached hydrogens (tertiary/aromatic N) is 1. The lowest BCUT2D eigenvalue weighted by atomic mass is 9.90. The summed E-state index contributed by atoms with van der Waals surface area (Å²) >= 11 is 7.85. The van der Waals surface area contributed by atoms with Gasteiger partial charge in [0, 0.05) is 17.3 Å². The standard InChI is InChI=1S/C23H20ClNOS/c24-20-13-11-19(12-14-20)23-25(15-16-27-23)22(26)21(17-7-3-1-4-8-17)18-9-5-2-6-10-18/h1-14,21,23H,15-16H2. The van der Waals surface area contributed by atoms with Crippen molar-refractivity contribution in [3.8, 4) is 0 Å². The minimum atomic E-state index is -0.291. The highest BCUT2D eigenvalue weighted by atomic mass is 35.5. The van der Waals surface area contributed by atoms with Crippen LogP contribution in [-0.2, 0) is 4.79 Å². The molecule has 0 saturated carbocycles. The molecule has 2 nitrogen and oxygen atoms in total. The first-order valence-corrected chi connectivity index (χ1v) is 10.4. The van der Waals surface area contributed by atoms with Crippen LogP contribution in [0.15, 0.2) is 84.9 Å². The molecule has 0 aliphatic carbocycles. The zero-order chi connectivity index (χ0) is 18.6. The molecule has 136 valence electrons. The maximum absolute atomic E-state index is 13.7. The molecule has 0 spiro atoms. The molecule has 0 aromatic heterocycles. The van der Waals surface area contributed by atoms with Gasteiger partial charge in [-0.3, -0.25) is 4.79 Å². The summed E-state index contributed by atoms with van der Waals surface area (Å²) in [5.41, 5.74) is 3.18. The van der Waals surface area contributed by atoms with Crippen molar-refractivity contribution in [2.75, 3.05) is 12.3 Å². The van der Waals surface area contributed by atoms with Crippen LogP contribution >= 0.6 is 23.4 Å². The Hall–Kier alpha value is -2.23. The van der Waals surface area contributed by atoms with Crippen molar-refractivity contribution in [2.45, 2.75) is 11.3 Å². The van der Waals surface area contributed by atoms with Gasteiger partial charge >= 0.3 is 0 Å². The Balaban J connectivity index is 1.69. The van der Waals surface area contributed by atoms with Gasteiger partial charge in [-0.25, -0.2) is 0 Å². The topological polar surface area (TPSA) is 20.3 Å². The predicted molar refractivity (Wildman–Crippen MR) is 113 cm³/mol. The number of amides is 1. The molecule has 1 saturated heterocycles. The summed E-state index contributed by atoms with van der Waals surface area (Å²) in [6, 6.07) is 27.9. The van der Waals surface area contributed by atoms with Gasteiger partial charge in [0.2, 0.25) is 5.91 Å². The van der Waals surface area contributed by atoms with Gasteiger partial charge in [-0.2, -0.15) is 0 Å². The van der Waals surface area contributed by atoms with Crippen LogP contribution in [0.2, 0.25) is 5.02 Å².